The molecule has 0 amide bonds. The second-order valence-electron chi connectivity index (χ2n) is 8.16. The fourth-order valence-electron chi connectivity index (χ4n) is 4.72. The minimum absolute atomic E-state index is 0.169. The van der Waals surface area contributed by atoms with E-state index in [2.05, 4.69) is 47.2 Å². The van der Waals surface area contributed by atoms with E-state index in [9.17, 15) is 8.42 Å². The summed E-state index contributed by atoms with van der Waals surface area (Å²) in [5.74, 6) is 0.888. The van der Waals surface area contributed by atoms with E-state index in [1.807, 2.05) is 6.07 Å². The average Bonchev–Trinajstić information content (AvgIpc) is 2.82. The molecule has 0 aromatic heterocycles. The summed E-state index contributed by atoms with van der Waals surface area (Å²) in [6, 6.07) is 21.6. The Morgan fingerprint density at radius 1 is 0.844 bits per heavy atom. The van der Waals surface area contributed by atoms with Crippen molar-refractivity contribution in [3.8, 4) is 11.5 Å². The Bertz CT molecular complexity index is 1430. The largest absolute Gasteiger partial charge is 0.493 e. The molecule has 4 aromatic carbocycles. The van der Waals surface area contributed by atoms with Crippen molar-refractivity contribution in [2.75, 3.05) is 14.2 Å². The molecule has 0 saturated heterocycles. The number of fused-ring (bicyclic) bond motifs is 5. The zero-order chi connectivity index (χ0) is 22.3. The maximum Gasteiger partial charge on any atom is 0.240 e. The third-order valence-electron chi connectivity index (χ3n) is 6.33. The lowest BCUT2D eigenvalue weighted by Gasteiger charge is -2.27. The van der Waals surface area contributed by atoms with Crippen LogP contribution in [-0.4, -0.2) is 28.7 Å². The van der Waals surface area contributed by atoms with E-state index in [1.165, 1.54) is 53.0 Å². The first-order chi connectivity index (χ1) is 15.5. The minimum Gasteiger partial charge on any atom is -0.493 e. The highest BCUT2D eigenvalue weighted by atomic mass is 32.2. The molecule has 4 aromatic rings. The van der Waals surface area contributed by atoms with Gasteiger partial charge in [-0.05, 0) is 64.1 Å². The number of rotatable bonds is 5. The molecular weight excluding hydrogens is 422 g/mol. The van der Waals surface area contributed by atoms with Crippen LogP contribution in [0.4, 0.5) is 0 Å². The third-order valence-corrected chi connectivity index (χ3v) is 7.85. The predicted octanol–water partition coefficient (Wildman–Crippen LogP) is 4.85. The molecule has 0 spiro atoms. The average molecular weight is 448 g/mol. The van der Waals surface area contributed by atoms with Gasteiger partial charge in [-0.1, -0.05) is 48.5 Å². The summed E-state index contributed by atoms with van der Waals surface area (Å²) in [7, 11) is -0.674. The molecule has 1 aliphatic carbocycles. The molecule has 0 bridgehead atoms. The predicted molar refractivity (Wildman–Crippen MR) is 127 cm³/mol. The van der Waals surface area contributed by atoms with Crippen LogP contribution < -0.4 is 14.2 Å². The van der Waals surface area contributed by atoms with Gasteiger partial charge in [0.25, 0.3) is 0 Å². The van der Waals surface area contributed by atoms with Gasteiger partial charge in [0.2, 0.25) is 10.0 Å². The van der Waals surface area contributed by atoms with Crippen LogP contribution in [0.1, 0.15) is 17.5 Å². The maximum atomic E-state index is 13.1. The molecule has 0 saturated carbocycles. The first kappa shape index (κ1) is 20.8. The van der Waals surface area contributed by atoms with Crippen molar-refractivity contribution < 1.29 is 17.9 Å². The van der Waals surface area contributed by atoms with Gasteiger partial charge < -0.3 is 9.47 Å². The van der Waals surface area contributed by atoms with Crippen LogP contribution in [0.15, 0.2) is 71.6 Å². The van der Waals surface area contributed by atoms with Crippen LogP contribution in [-0.2, 0) is 22.9 Å². The molecule has 0 heterocycles. The molecule has 1 aliphatic rings. The highest BCUT2D eigenvalue weighted by Crippen LogP contribution is 2.34. The van der Waals surface area contributed by atoms with Crippen LogP contribution in [0, 0.1) is 0 Å². The van der Waals surface area contributed by atoms with Gasteiger partial charge in [-0.2, -0.15) is 0 Å². The molecule has 0 aliphatic heterocycles. The van der Waals surface area contributed by atoms with Gasteiger partial charge in [-0.3, -0.25) is 0 Å². The van der Waals surface area contributed by atoms with Crippen molar-refractivity contribution >= 4 is 31.6 Å². The van der Waals surface area contributed by atoms with Gasteiger partial charge in [-0.15, -0.1) is 0 Å². The molecule has 0 radical (unpaired) electrons. The molecule has 6 heteroatoms. The highest BCUT2D eigenvalue weighted by Gasteiger charge is 2.26. The quantitative estimate of drug-likeness (QED) is 0.445. The molecule has 1 unspecified atom stereocenters. The summed E-state index contributed by atoms with van der Waals surface area (Å²) >= 11 is 0. The smallest absolute Gasteiger partial charge is 0.240 e. The van der Waals surface area contributed by atoms with Crippen molar-refractivity contribution in [1.29, 1.82) is 0 Å². The molecule has 5 nitrogen and oxygen atoms in total. The van der Waals surface area contributed by atoms with Gasteiger partial charge in [0, 0.05) is 12.1 Å². The number of sulfonamides is 1. The Labute approximate surface area is 188 Å². The lowest BCUT2D eigenvalue weighted by molar-refractivity contribution is 0.354. The third kappa shape index (κ3) is 3.59. The number of hydrogen-bond acceptors (Lipinski definition) is 4. The van der Waals surface area contributed by atoms with Gasteiger partial charge in [0.1, 0.15) is 0 Å². The SMILES string of the molecule is COc1ccc(S(=O)(=O)NC2CCc3ccc4c(ccc5ccccc54)c3C2)cc1OC. The molecule has 5 rings (SSSR count). The summed E-state index contributed by atoms with van der Waals surface area (Å²) in [6.07, 6.45) is 2.27. The van der Waals surface area contributed by atoms with Crippen molar-refractivity contribution in [2.24, 2.45) is 0 Å². The van der Waals surface area contributed by atoms with Crippen LogP contribution in [0.3, 0.4) is 0 Å². The Morgan fingerprint density at radius 3 is 2.44 bits per heavy atom. The van der Waals surface area contributed by atoms with Crippen molar-refractivity contribution in [3.63, 3.8) is 0 Å². The zero-order valence-electron chi connectivity index (χ0n) is 18.1. The van der Waals surface area contributed by atoms with Gasteiger partial charge in [0.15, 0.2) is 11.5 Å². The zero-order valence-corrected chi connectivity index (χ0v) is 18.9. The monoisotopic (exact) mass is 447 g/mol. The van der Waals surface area contributed by atoms with E-state index in [-0.39, 0.29) is 10.9 Å². The standard InChI is InChI=1S/C26H25NO4S/c1-30-25-14-11-20(16-26(25)31-2)32(28,29)27-19-10-7-18-9-12-22-21-6-4-3-5-17(21)8-13-23(22)24(18)15-19/h3-6,8-9,11-14,16,19,27H,7,10,15H2,1-2H3. The molecule has 32 heavy (non-hydrogen) atoms. The van der Waals surface area contributed by atoms with Crippen LogP contribution >= 0.6 is 0 Å². The first-order valence-corrected chi connectivity index (χ1v) is 12.1. The van der Waals surface area contributed by atoms with Gasteiger partial charge in [-0.25, -0.2) is 13.1 Å². The molecular formula is C26H25NO4S. The fraction of sp³-hybridized carbons (Fsp3) is 0.231. The summed E-state index contributed by atoms with van der Waals surface area (Å²) < 4.78 is 39.6. The van der Waals surface area contributed by atoms with Gasteiger partial charge in [0.05, 0.1) is 19.1 Å². The van der Waals surface area contributed by atoms with Gasteiger partial charge >= 0.3 is 0 Å². The van der Waals surface area contributed by atoms with Crippen molar-refractivity contribution in [2.45, 2.75) is 30.2 Å². The summed E-state index contributed by atoms with van der Waals surface area (Å²) in [5, 5.41) is 4.85. The molecule has 164 valence electrons. The minimum atomic E-state index is -3.69. The normalized spacial score (nSPS) is 16.1. The Kier molecular flexibility index (Phi) is 5.27. The summed E-state index contributed by atoms with van der Waals surface area (Å²) in [5.41, 5.74) is 2.54. The number of benzene rings is 4. The molecule has 1 atom stereocenters. The van der Waals surface area contributed by atoms with Crippen LogP contribution in [0.5, 0.6) is 11.5 Å². The summed E-state index contributed by atoms with van der Waals surface area (Å²) in [4.78, 5) is 0.171. The van der Waals surface area contributed by atoms with E-state index < -0.39 is 10.0 Å². The fourth-order valence-corrected chi connectivity index (χ4v) is 6.01. The van der Waals surface area contributed by atoms with Crippen LogP contribution in [0.25, 0.3) is 21.5 Å². The van der Waals surface area contributed by atoms with E-state index in [1.54, 1.807) is 12.1 Å². The van der Waals surface area contributed by atoms with Crippen molar-refractivity contribution in [3.05, 3.63) is 77.9 Å². The number of nitrogens with one attached hydrogen (secondary N) is 1. The van der Waals surface area contributed by atoms with E-state index in [0.717, 1.165) is 12.8 Å². The summed E-state index contributed by atoms with van der Waals surface area (Å²) in [6.45, 7) is 0. The second kappa shape index (κ2) is 8.11. The highest BCUT2D eigenvalue weighted by molar-refractivity contribution is 7.89. The van der Waals surface area contributed by atoms with E-state index >= 15 is 0 Å². The second-order valence-corrected chi connectivity index (χ2v) is 9.88. The number of aryl methyl sites for hydroxylation is 1. The molecule has 1 N–H and O–H groups in total. The maximum absolute atomic E-state index is 13.1. The first-order valence-electron chi connectivity index (χ1n) is 10.7. The lowest BCUT2D eigenvalue weighted by Crippen LogP contribution is -2.38. The Morgan fingerprint density at radius 2 is 1.62 bits per heavy atom. The van der Waals surface area contributed by atoms with Crippen molar-refractivity contribution in [1.82, 2.24) is 4.72 Å². The number of ether oxygens (including phenoxy) is 2. The Hall–Kier alpha value is -3.09. The molecule has 0 fully saturated rings. The lowest BCUT2D eigenvalue weighted by atomic mass is 9.84. The van der Waals surface area contributed by atoms with E-state index in [4.69, 9.17) is 9.47 Å². The topological polar surface area (TPSA) is 64.6 Å². The van der Waals surface area contributed by atoms with E-state index in [0.29, 0.717) is 17.9 Å². The number of hydrogen-bond donors (Lipinski definition) is 1. The van der Waals surface area contributed by atoms with Crippen LogP contribution in [0.2, 0.25) is 0 Å². The Balaban J connectivity index is 1.47. The number of methoxy groups -OCH3 is 2.